The van der Waals surface area contributed by atoms with Crippen LogP contribution in [0, 0.1) is 12.8 Å². The fraction of sp³-hybridized carbons (Fsp3) is 0.588. The minimum absolute atomic E-state index is 0.0573. The summed E-state index contributed by atoms with van der Waals surface area (Å²) in [5.41, 5.74) is 1.90. The number of ether oxygens (including phenoxy) is 1. The number of rotatable bonds is 2. The third-order valence-corrected chi connectivity index (χ3v) is 4.77. The summed E-state index contributed by atoms with van der Waals surface area (Å²) in [6.07, 6.45) is 2.35. The van der Waals surface area contributed by atoms with Crippen molar-refractivity contribution in [2.75, 3.05) is 31.1 Å². The van der Waals surface area contributed by atoms with Gasteiger partial charge in [0.2, 0.25) is 0 Å². The second kappa shape index (κ2) is 5.78. The molecule has 1 amide bonds. The zero-order valence-corrected chi connectivity index (χ0v) is 12.9. The van der Waals surface area contributed by atoms with Gasteiger partial charge in [-0.15, -0.1) is 0 Å². The Hall–Kier alpha value is -1.39. The van der Waals surface area contributed by atoms with Gasteiger partial charge < -0.3 is 15.0 Å². The van der Waals surface area contributed by atoms with E-state index in [1.54, 1.807) is 0 Å². The van der Waals surface area contributed by atoms with Crippen LogP contribution in [0.15, 0.2) is 24.3 Å². The lowest BCUT2D eigenvalue weighted by atomic mass is 9.82. The fourth-order valence-electron chi connectivity index (χ4n) is 3.40. The van der Waals surface area contributed by atoms with Crippen LogP contribution < -0.4 is 10.2 Å². The van der Waals surface area contributed by atoms with Gasteiger partial charge in [0.05, 0.1) is 12.1 Å². The summed E-state index contributed by atoms with van der Waals surface area (Å²) < 4.78 is 5.97. The summed E-state index contributed by atoms with van der Waals surface area (Å²) in [4.78, 5) is 14.2. The first-order chi connectivity index (χ1) is 10.1. The molecule has 2 heterocycles. The molecular weight excluding hydrogens is 264 g/mol. The molecule has 2 atom stereocenters. The van der Waals surface area contributed by atoms with Gasteiger partial charge >= 0.3 is 0 Å². The third-order valence-electron chi connectivity index (χ3n) is 4.77. The number of benzene rings is 1. The average molecular weight is 288 g/mol. The molecule has 0 bridgehead atoms. The highest BCUT2D eigenvalue weighted by Gasteiger charge is 2.42. The Morgan fingerprint density at radius 2 is 2.29 bits per heavy atom. The van der Waals surface area contributed by atoms with Gasteiger partial charge in [0, 0.05) is 18.2 Å². The maximum atomic E-state index is 12.3. The number of hydrogen-bond donors (Lipinski definition) is 1. The lowest BCUT2D eigenvalue weighted by molar-refractivity contribution is -0.144. The largest absolute Gasteiger partial charge is 0.363 e. The second-order valence-electron chi connectivity index (χ2n) is 6.46. The summed E-state index contributed by atoms with van der Waals surface area (Å²) in [7, 11) is 0. The molecular formula is C17H24N2O2. The third kappa shape index (κ3) is 2.97. The lowest BCUT2D eigenvalue weighted by Crippen LogP contribution is -2.59. The first kappa shape index (κ1) is 14.5. The number of carbonyl (C=O) groups is 1. The molecule has 2 aliphatic rings. The van der Waals surface area contributed by atoms with Crippen LogP contribution in [0.2, 0.25) is 0 Å². The number of amides is 1. The van der Waals surface area contributed by atoms with Crippen LogP contribution in [0.4, 0.5) is 5.69 Å². The van der Waals surface area contributed by atoms with Crippen molar-refractivity contribution in [3.63, 3.8) is 0 Å². The molecule has 2 saturated heterocycles. The van der Waals surface area contributed by atoms with E-state index in [-0.39, 0.29) is 18.1 Å². The number of piperidine rings is 1. The van der Waals surface area contributed by atoms with E-state index in [4.69, 9.17) is 4.74 Å². The van der Waals surface area contributed by atoms with E-state index in [1.807, 2.05) is 17.0 Å². The predicted molar refractivity (Wildman–Crippen MR) is 83.5 cm³/mol. The minimum Gasteiger partial charge on any atom is -0.363 e. The maximum absolute atomic E-state index is 12.3. The second-order valence-corrected chi connectivity index (χ2v) is 6.46. The number of anilines is 1. The molecule has 1 aromatic carbocycles. The van der Waals surface area contributed by atoms with E-state index in [1.165, 1.54) is 18.4 Å². The number of nitrogens with one attached hydrogen (secondary N) is 1. The maximum Gasteiger partial charge on any atom is 0.253 e. The average Bonchev–Trinajstić information content (AvgIpc) is 2.51. The van der Waals surface area contributed by atoms with Gasteiger partial charge in [-0.2, -0.15) is 0 Å². The van der Waals surface area contributed by atoms with Crippen LogP contribution in [0.5, 0.6) is 0 Å². The molecule has 1 N–H and O–H groups in total. The van der Waals surface area contributed by atoms with E-state index >= 15 is 0 Å². The fourth-order valence-corrected chi connectivity index (χ4v) is 3.40. The summed E-state index contributed by atoms with van der Waals surface area (Å²) in [5, 5.41) is 3.45. The van der Waals surface area contributed by atoms with Gasteiger partial charge in [0.25, 0.3) is 5.91 Å². The molecule has 2 unspecified atom stereocenters. The zero-order chi connectivity index (χ0) is 14.9. The first-order valence-corrected chi connectivity index (χ1v) is 7.80. The monoisotopic (exact) mass is 288 g/mol. The number of aryl methyl sites for hydroxylation is 1. The van der Waals surface area contributed by atoms with Crippen molar-refractivity contribution >= 4 is 11.6 Å². The summed E-state index contributed by atoms with van der Waals surface area (Å²) in [6.45, 7) is 7.10. The first-order valence-electron chi connectivity index (χ1n) is 7.80. The Morgan fingerprint density at radius 3 is 3.00 bits per heavy atom. The molecule has 0 saturated carbocycles. The number of hydrogen-bond acceptors (Lipinski definition) is 3. The Kier molecular flexibility index (Phi) is 4.00. The Labute approximate surface area is 126 Å². The van der Waals surface area contributed by atoms with Crippen LogP contribution in [0.1, 0.15) is 25.3 Å². The molecule has 0 aliphatic carbocycles. The summed E-state index contributed by atoms with van der Waals surface area (Å²) in [5.74, 6) is 0.522. The lowest BCUT2D eigenvalue weighted by Gasteiger charge is -2.46. The van der Waals surface area contributed by atoms with Crippen LogP contribution in [-0.4, -0.2) is 37.7 Å². The molecule has 0 aromatic heterocycles. The van der Waals surface area contributed by atoms with Crippen molar-refractivity contribution in [2.24, 2.45) is 5.92 Å². The van der Waals surface area contributed by atoms with E-state index in [0.717, 1.165) is 18.8 Å². The predicted octanol–water partition coefficient (Wildman–Crippen LogP) is 2.12. The highest BCUT2D eigenvalue weighted by Crippen LogP contribution is 2.33. The standard InChI is InChI=1S/C17H24N2O2/c1-13-5-3-7-15(9-13)19-12-17(2,21-11-16(19)20)14-6-4-8-18-10-14/h3,5,7,9,14,18H,4,6,8,10-12H2,1-2H3. The van der Waals surface area contributed by atoms with Gasteiger partial charge in [-0.05, 0) is 50.9 Å². The quantitative estimate of drug-likeness (QED) is 0.906. The molecule has 2 aliphatic heterocycles. The van der Waals surface area contributed by atoms with Gasteiger partial charge in [0.15, 0.2) is 0 Å². The van der Waals surface area contributed by atoms with Crippen molar-refractivity contribution in [3.05, 3.63) is 29.8 Å². The smallest absolute Gasteiger partial charge is 0.253 e. The summed E-state index contributed by atoms with van der Waals surface area (Å²) in [6, 6.07) is 8.14. The molecule has 4 nitrogen and oxygen atoms in total. The van der Waals surface area contributed by atoms with Gasteiger partial charge in [-0.25, -0.2) is 0 Å². The van der Waals surface area contributed by atoms with Crippen LogP contribution in [0.25, 0.3) is 0 Å². The van der Waals surface area contributed by atoms with Crippen molar-refractivity contribution < 1.29 is 9.53 Å². The molecule has 1 aromatic rings. The molecule has 114 valence electrons. The van der Waals surface area contributed by atoms with Gasteiger partial charge in [-0.1, -0.05) is 12.1 Å². The number of nitrogens with zero attached hydrogens (tertiary/aromatic N) is 1. The van der Waals surface area contributed by atoms with Gasteiger partial charge in [-0.3, -0.25) is 4.79 Å². The number of morpholine rings is 1. The topological polar surface area (TPSA) is 41.6 Å². The zero-order valence-electron chi connectivity index (χ0n) is 12.9. The van der Waals surface area contributed by atoms with E-state index < -0.39 is 0 Å². The Balaban J connectivity index is 1.82. The minimum atomic E-state index is -0.259. The molecule has 3 rings (SSSR count). The molecule has 21 heavy (non-hydrogen) atoms. The highest BCUT2D eigenvalue weighted by molar-refractivity contribution is 5.95. The molecule has 0 spiro atoms. The van der Waals surface area contributed by atoms with E-state index in [0.29, 0.717) is 12.5 Å². The van der Waals surface area contributed by atoms with Crippen molar-refractivity contribution in [1.29, 1.82) is 0 Å². The van der Waals surface area contributed by atoms with Crippen LogP contribution in [0.3, 0.4) is 0 Å². The van der Waals surface area contributed by atoms with Crippen molar-refractivity contribution in [1.82, 2.24) is 5.32 Å². The summed E-state index contributed by atoms with van der Waals surface area (Å²) >= 11 is 0. The molecule has 0 radical (unpaired) electrons. The van der Waals surface area contributed by atoms with Crippen LogP contribution >= 0.6 is 0 Å². The normalized spacial score (nSPS) is 30.5. The van der Waals surface area contributed by atoms with Crippen LogP contribution in [-0.2, 0) is 9.53 Å². The van der Waals surface area contributed by atoms with E-state index in [2.05, 4.69) is 31.3 Å². The molecule has 4 heteroatoms. The van der Waals surface area contributed by atoms with Gasteiger partial charge in [0.1, 0.15) is 6.61 Å². The van der Waals surface area contributed by atoms with Crippen molar-refractivity contribution in [3.8, 4) is 0 Å². The highest BCUT2D eigenvalue weighted by atomic mass is 16.5. The number of carbonyl (C=O) groups excluding carboxylic acids is 1. The SMILES string of the molecule is Cc1cccc(N2CC(C)(C3CCCNC3)OCC2=O)c1. The van der Waals surface area contributed by atoms with E-state index in [9.17, 15) is 4.79 Å². The van der Waals surface area contributed by atoms with Crippen molar-refractivity contribution in [2.45, 2.75) is 32.3 Å². The molecule has 2 fully saturated rings. The Bertz CT molecular complexity index is 525. The Morgan fingerprint density at radius 1 is 1.43 bits per heavy atom.